The summed E-state index contributed by atoms with van der Waals surface area (Å²) in [7, 11) is 1.44. The van der Waals surface area contributed by atoms with Gasteiger partial charge in [0.15, 0.2) is 0 Å². The molecule has 1 aromatic heterocycles. The second-order valence-electron chi connectivity index (χ2n) is 6.62. The fourth-order valence-corrected chi connectivity index (χ4v) is 3.22. The summed E-state index contributed by atoms with van der Waals surface area (Å²) in [6.07, 6.45) is 0. The number of fused-ring (bicyclic) bond motifs is 1. The van der Waals surface area contributed by atoms with Crippen molar-refractivity contribution in [1.29, 1.82) is 0 Å². The molecule has 4 rings (SSSR count). The van der Waals surface area contributed by atoms with Crippen LogP contribution in [0.25, 0.3) is 22.1 Å². The van der Waals surface area contributed by atoms with Crippen LogP contribution in [0.2, 0.25) is 0 Å². The van der Waals surface area contributed by atoms with Crippen LogP contribution in [0.1, 0.15) is 10.4 Å². The molecule has 0 aliphatic heterocycles. The van der Waals surface area contributed by atoms with Crippen molar-refractivity contribution in [3.63, 3.8) is 0 Å². The van der Waals surface area contributed by atoms with Crippen molar-refractivity contribution >= 4 is 22.6 Å². The highest BCUT2D eigenvalue weighted by Gasteiger charge is 2.19. The number of nitro groups is 1. The van der Waals surface area contributed by atoms with E-state index in [-0.39, 0.29) is 28.3 Å². The van der Waals surface area contributed by atoms with Gasteiger partial charge in [-0.15, -0.1) is 0 Å². The SMILES string of the molecule is CNC(=O)c1ccc(Oc2ccc3c(-c4ccccc4)cc(=O)oc3c2)c([N+](=O)[O-])c1. The Balaban J connectivity index is 1.76. The summed E-state index contributed by atoms with van der Waals surface area (Å²) < 4.78 is 11.0. The number of nitro benzene ring substituents is 1. The number of carbonyl (C=O) groups excluding carboxylic acids is 1. The monoisotopic (exact) mass is 416 g/mol. The van der Waals surface area contributed by atoms with E-state index in [1.165, 1.54) is 31.3 Å². The first kappa shape index (κ1) is 19.8. The van der Waals surface area contributed by atoms with Crippen molar-refractivity contribution in [2.24, 2.45) is 0 Å². The van der Waals surface area contributed by atoms with Gasteiger partial charge in [-0.2, -0.15) is 0 Å². The van der Waals surface area contributed by atoms with E-state index in [0.717, 1.165) is 11.6 Å². The fourth-order valence-electron chi connectivity index (χ4n) is 3.22. The molecule has 0 saturated heterocycles. The Bertz CT molecular complexity index is 1360. The molecule has 4 aromatic rings. The second-order valence-corrected chi connectivity index (χ2v) is 6.62. The summed E-state index contributed by atoms with van der Waals surface area (Å²) >= 11 is 0. The van der Waals surface area contributed by atoms with E-state index < -0.39 is 16.5 Å². The third kappa shape index (κ3) is 3.99. The van der Waals surface area contributed by atoms with Crippen LogP contribution in [0.5, 0.6) is 11.5 Å². The number of rotatable bonds is 5. The van der Waals surface area contributed by atoms with Crippen LogP contribution < -0.4 is 15.7 Å². The molecule has 0 bridgehead atoms. The Morgan fingerprint density at radius 2 is 1.81 bits per heavy atom. The molecule has 0 radical (unpaired) electrons. The predicted octanol–water partition coefficient (Wildman–Crippen LogP) is 4.52. The van der Waals surface area contributed by atoms with Crippen LogP contribution >= 0.6 is 0 Å². The van der Waals surface area contributed by atoms with Crippen LogP contribution in [0.4, 0.5) is 5.69 Å². The summed E-state index contributed by atoms with van der Waals surface area (Å²) in [5.41, 5.74) is 1.10. The molecule has 0 aliphatic carbocycles. The van der Waals surface area contributed by atoms with Gasteiger partial charge >= 0.3 is 11.3 Å². The van der Waals surface area contributed by atoms with Gasteiger partial charge in [-0.1, -0.05) is 30.3 Å². The van der Waals surface area contributed by atoms with Gasteiger partial charge in [0.05, 0.1) is 4.92 Å². The maximum atomic E-state index is 12.1. The maximum Gasteiger partial charge on any atom is 0.336 e. The molecule has 8 heteroatoms. The van der Waals surface area contributed by atoms with Crippen molar-refractivity contribution in [1.82, 2.24) is 5.32 Å². The van der Waals surface area contributed by atoms with Crippen LogP contribution in [0, 0.1) is 10.1 Å². The first-order chi connectivity index (χ1) is 15.0. The Hall–Kier alpha value is -4.46. The summed E-state index contributed by atoms with van der Waals surface area (Å²) in [4.78, 5) is 34.7. The molecule has 0 fully saturated rings. The molecule has 0 saturated carbocycles. The summed E-state index contributed by atoms with van der Waals surface area (Å²) in [5, 5.41) is 14.6. The van der Waals surface area contributed by atoms with Gasteiger partial charge in [-0.25, -0.2) is 4.79 Å². The zero-order valence-corrected chi connectivity index (χ0v) is 16.3. The van der Waals surface area contributed by atoms with Gasteiger partial charge in [0, 0.05) is 36.2 Å². The van der Waals surface area contributed by atoms with Crippen molar-refractivity contribution in [2.75, 3.05) is 7.05 Å². The van der Waals surface area contributed by atoms with Gasteiger partial charge in [0.1, 0.15) is 11.3 Å². The van der Waals surface area contributed by atoms with Gasteiger partial charge in [0.25, 0.3) is 5.91 Å². The Labute approximate surface area is 175 Å². The molecule has 1 amide bonds. The molecule has 0 atom stereocenters. The summed E-state index contributed by atoms with van der Waals surface area (Å²) in [5.74, 6) is -0.245. The topological polar surface area (TPSA) is 112 Å². The minimum atomic E-state index is -0.629. The lowest BCUT2D eigenvalue weighted by Crippen LogP contribution is -2.17. The standard InChI is InChI=1S/C23H16N2O6/c1-24-23(27)15-7-10-20(19(11-15)25(28)29)30-16-8-9-17-18(14-5-3-2-4-6-14)13-22(26)31-21(17)12-16/h2-13H,1H3,(H,24,27). The van der Waals surface area contributed by atoms with E-state index in [4.69, 9.17) is 9.15 Å². The third-order valence-corrected chi connectivity index (χ3v) is 4.67. The zero-order valence-electron chi connectivity index (χ0n) is 16.3. The van der Waals surface area contributed by atoms with Crippen molar-refractivity contribution < 1.29 is 18.9 Å². The summed E-state index contributed by atoms with van der Waals surface area (Å²) in [6, 6.07) is 19.6. The molecule has 1 N–H and O–H groups in total. The highest BCUT2D eigenvalue weighted by atomic mass is 16.6. The average Bonchev–Trinajstić information content (AvgIpc) is 2.78. The normalized spacial score (nSPS) is 10.6. The number of benzene rings is 3. The molecule has 31 heavy (non-hydrogen) atoms. The molecule has 3 aromatic carbocycles. The zero-order chi connectivity index (χ0) is 22.0. The third-order valence-electron chi connectivity index (χ3n) is 4.67. The number of hydrogen-bond donors (Lipinski definition) is 1. The van der Waals surface area contributed by atoms with Gasteiger partial charge in [0.2, 0.25) is 5.75 Å². The van der Waals surface area contributed by atoms with Gasteiger partial charge < -0.3 is 14.5 Å². The van der Waals surface area contributed by atoms with Gasteiger partial charge in [-0.3, -0.25) is 14.9 Å². The number of hydrogen-bond acceptors (Lipinski definition) is 6. The lowest BCUT2D eigenvalue weighted by Gasteiger charge is -2.10. The first-order valence-corrected chi connectivity index (χ1v) is 9.28. The van der Waals surface area contributed by atoms with E-state index in [9.17, 15) is 19.7 Å². The molecular formula is C23H16N2O6. The lowest BCUT2D eigenvalue weighted by atomic mass is 10.0. The van der Waals surface area contributed by atoms with Crippen molar-refractivity contribution in [2.45, 2.75) is 0 Å². The smallest absolute Gasteiger partial charge is 0.336 e. The number of ether oxygens (including phenoxy) is 1. The Morgan fingerprint density at radius 3 is 2.52 bits per heavy atom. The van der Waals surface area contributed by atoms with E-state index in [1.807, 2.05) is 30.3 Å². The molecule has 0 spiro atoms. The molecule has 8 nitrogen and oxygen atoms in total. The second kappa shape index (κ2) is 8.11. The number of amides is 1. The Kier molecular flexibility index (Phi) is 5.19. The molecule has 0 unspecified atom stereocenters. The largest absolute Gasteiger partial charge is 0.450 e. The molecular weight excluding hydrogens is 400 g/mol. The van der Waals surface area contributed by atoms with Crippen LogP contribution in [0.3, 0.4) is 0 Å². The minimum Gasteiger partial charge on any atom is -0.450 e. The highest BCUT2D eigenvalue weighted by Crippen LogP contribution is 2.35. The van der Waals surface area contributed by atoms with E-state index in [1.54, 1.807) is 12.1 Å². The molecule has 0 aliphatic rings. The first-order valence-electron chi connectivity index (χ1n) is 9.28. The van der Waals surface area contributed by atoms with Crippen molar-refractivity contribution in [3.8, 4) is 22.6 Å². The number of carbonyl (C=O) groups is 1. The highest BCUT2D eigenvalue weighted by molar-refractivity contribution is 5.95. The molecule has 1 heterocycles. The summed E-state index contributed by atoms with van der Waals surface area (Å²) in [6.45, 7) is 0. The van der Waals surface area contributed by atoms with Crippen LogP contribution in [-0.4, -0.2) is 17.9 Å². The fraction of sp³-hybridized carbons (Fsp3) is 0.0435. The number of nitrogens with one attached hydrogen (secondary N) is 1. The van der Waals surface area contributed by atoms with E-state index >= 15 is 0 Å². The quantitative estimate of drug-likeness (QED) is 0.291. The van der Waals surface area contributed by atoms with E-state index in [0.29, 0.717) is 10.9 Å². The average molecular weight is 416 g/mol. The maximum absolute atomic E-state index is 12.1. The van der Waals surface area contributed by atoms with E-state index in [2.05, 4.69) is 5.32 Å². The van der Waals surface area contributed by atoms with Gasteiger partial charge in [-0.05, 0) is 35.4 Å². The minimum absolute atomic E-state index is 0.0430. The predicted molar refractivity (Wildman–Crippen MR) is 114 cm³/mol. The molecule has 154 valence electrons. The van der Waals surface area contributed by atoms with Crippen molar-refractivity contribution in [3.05, 3.63) is 98.9 Å². The number of nitrogens with zero attached hydrogens (tertiary/aromatic N) is 1. The van der Waals surface area contributed by atoms with Crippen LogP contribution in [0.15, 0.2) is 82.0 Å². The lowest BCUT2D eigenvalue weighted by molar-refractivity contribution is -0.385. The van der Waals surface area contributed by atoms with Crippen LogP contribution in [-0.2, 0) is 0 Å². The Morgan fingerprint density at radius 1 is 1.03 bits per heavy atom.